The monoisotopic (exact) mass is 511 g/mol. The molecule has 2 fully saturated rings. The van der Waals surface area contributed by atoms with Crippen LogP contribution >= 0.6 is 12.0 Å². The van der Waals surface area contributed by atoms with Crippen LogP contribution in [0.15, 0.2) is 48.5 Å². The average molecular weight is 512 g/mol. The first-order chi connectivity index (χ1) is 16.7. The van der Waals surface area contributed by atoms with Gasteiger partial charge in [-0.05, 0) is 63.7 Å². The van der Waals surface area contributed by atoms with Crippen molar-refractivity contribution in [2.24, 2.45) is 16.7 Å². The molecule has 2 aliphatic rings. The lowest BCUT2D eigenvalue weighted by atomic mass is 9.70. The molecule has 2 unspecified atom stereocenters. The molecular weight excluding hydrogens is 468 g/mol. The number of fused-ring (bicyclic) bond motifs is 2. The van der Waals surface area contributed by atoms with Crippen molar-refractivity contribution in [1.29, 1.82) is 0 Å². The highest BCUT2D eigenvalue weighted by Crippen LogP contribution is 2.64. The molecule has 0 aromatic heterocycles. The second-order valence-corrected chi connectivity index (χ2v) is 13.8. The highest BCUT2D eigenvalue weighted by molar-refractivity contribution is 7.94. The Morgan fingerprint density at radius 1 is 0.889 bits per heavy atom. The molecule has 0 spiro atoms. The van der Waals surface area contributed by atoms with Crippen molar-refractivity contribution >= 4 is 17.8 Å². The molecule has 0 heterocycles. The van der Waals surface area contributed by atoms with Crippen LogP contribution in [0.4, 0.5) is 0 Å². The second kappa shape index (κ2) is 11.0. The van der Waals surface area contributed by atoms with Crippen LogP contribution in [0.5, 0.6) is 0 Å². The first-order valence-electron chi connectivity index (χ1n) is 13.0. The van der Waals surface area contributed by atoms with Gasteiger partial charge in [0.05, 0.1) is 0 Å². The second-order valence-electron chi connectivity index (χ2n) is 13.1. The summed E-state index contributed by atoms with van der Waals surface area (Å²) in [6.45, 7) is 17.8. The van der Waals surface area contributed by atoms with E-state index < -0.39 is 0 Å². The fourth-order valence-electron chi connectivity index (χ4n) is 5.73. The number of carbonyl (C=O) groups is 1. The molecule has 2 atom stereocenters. The largest absolute Gasteiger partial charge is 0.691 e. The van der Waals surface area contributed by atoms with Gasteiger partial charge in [-0.2, -0.15) is 4.33 Å². The van der Waals surface area contributed by atoms with Gasteiger partial charge >= 0.3 is 0 Å². The molecule has 4 rings (SSSR count). The lowest BCUT2D eigenvalue weighted by Crippen LogP contribution is -2.38. The summed E-state index contributed by atoms with van der Waals surface area (Å²) in [5.41, 5.74) is 5.74. The number of benzene rings is 2. The lowest BCUT2D eigenvalue weighted by Gasteiger charge is -2.35. The Balaban J connectivity index is 0.000000212. The molecule has 0 N–H and O–H groups in total. The van der Waals surface area contributed by atoms with Crippen LogP contribution in [-0.2, 0) is 31.4 Å². The summed E-state index contributed by atoms with van der Waals surface area (Å²) in [5, 5.41) is 13.0. The van der Waals surface area contributed by atoms with E-state index in [1.54, 1.807) is 0 Å². The number of carbonyl (C=O) groups excluding carboxylic acids is 1. The molecule has 4 nitrogen and oxygen atoms in total. The molecule has 36 heavy (non-hydrogen) atoms. The molecule has 198 valence electrons. The van der Waals surface area contributed by atoms with Gasteiger partial charge in [0, 0.05) is 29.6 Å². The van der Waals surface area contributed by atoms with E-state index in [1.807, 2.05) is 0 Å². The molecule has 5 heteroatoms. The van der Waals surface area contributed by atoms with Gasteiger partial charge in [-0.1, -0.05) is 104 Å². The van der Waals surface area contributed by atoms with Gasteiger partial charge in [0.1, 0.15) is 5.78 Å². The van der Waals surface area contributed by atoms with Crippen LogP contribution in [0, 0.1) is 16.7 Å². The Morgan fingerprint density at radius 2 is 1.36 bits per heavy atom. The molecular formula is C31H43O4S-. The highest BCUT2D eigenvalue weighted by Gasteiger charge is 2.63. The molecule has 2 aliphatic carbocycles. The van der Waals surface area contributed by atoms with Crippen LogP contribution in [0.25, 0.3) is 0 Å². The van der Waals surface area contributed by atoms with Crippen LogP contribution < -0.4 is 5.26 Å². The van der Waals surface area contributed by atoms with E-state index in [0.29, 0.717) is 23.9 Å². The highest BCUT2D eigenvalue weighted by atomic mass is 32.2. The summed E-state index contributed by atoms with van der Waals surface area (Å²) < 4.78 is 4.29. The Labute approximate surface area is 222 Å². The standard InChI is InChI=1S/C21H28.C10H16O4S/c1-20(2,3)18-11-7-16(8-12-18)15-17-9-13-19(14-10-17)21(4,5)6;1-9(2)7-3-4-10(9,8(11)5-7)6-15-14-13-12/h7-14H,15H2,1-6H3;7,12H,3-6H2,1-2H3/p-1. The zero-order valence-corrected chi connectivity index (χ0v) is 24.1. The van der Waals surface area contributed by atoms with E-state index in [4.69, 9.17) is 0 Å². The third-order valence-corrected chi connectivity index (χ3v) is 9.33. The Kier molecular flexibility index (Phi) is 8.82. The minimum Gasteiger partial charge on any atom is -0.691 e. The van der Waals surface area contributed by atoms with Crippen LogP contribution in [-0.4, -0.2) is 11.5 Å². The fraction of sp³-hybridized carbons (Fsp3) is 0.581. The van der Waals surface area contributed by atoms with Gasteiger partial charge in [0.15, 0.2) is 0 Å². The van der Waals surface area contributed by atoms with Crippen LogP contribution in [0.1, 0.15) is 96.9 Å². The lowest BCUT2D eigenvalue weighted by molar-refractivity contribution is -0.777. The first-order valence-corrected chi connectivity index (χ1v) is 13.9. The summed E-state index contributed by atoms with van der Waals surface area (Å²) in [6, 6.07) is 18.1. The predicted molar refractivity (Wildman–Crippen MR) is 146 cm³/mol. The molecule has 2 saturated carbocycles. The van der Waals surface area contributed by atoms with Gasteiger partial charge in [-0.25, -0.2) is 0 Å². The number of hydrogen-bond acceptors (Lipinski definition) is 5. The molecule has 2 bridgehead atoms. The first kappa shape index (κ1) is 28.9. The van der Waals surface area contributed by atoms with Gasteiger partial charge in [0.25, 0.3) is 0 Å². The third-order valence-electron chi connectivity index (χ3n) is 8.57. The zero-order valence-electron chi connectivity index (χ0n) is 23.3. The van der Waals surface area contributed by atoms with Gasteiger partial charge in [0.2, 0.25) is 0 Å². The van der Waals surface area contributed by atoms with Crippen molar-refractivity contribution in [2.45, 2.75) is 91.9 Å². The van der Waals surface area contributed by atoms with Gasteiger partial charge in [-0.15, -0.1) is 0 Å². The molecule has 0 amide bonds. The van der Waals surface area contributed by atoms with Gasteiger partial charge in [-0.3, -0.25) is 9.83 Å². The molecule has 0 saturated heterocycles. The Bertz CT molecular complexity index is 957. The van der Waals surface area contributed by atoms with Crippen LogP contribution in [0.2, 0.25) is 0 Å². The van der Waals surface area contributed by atoms with E-state index in [-0.39, 0.29) is 21.7 Å². The zero-order chi connectivity index (χ0) is 26.8. The summed E-state index contributed by atoms with van der Waals surface area (Å²) in [6.07, 6.45) is 3.72. The van der Waals surface area contributed by atoms with E-state index in [1.165, 1.54) is 22.3 Å². The maximum Gasteiger partial charge on any atom is 0.140 e. The van der Waals surface area contributed by atoms with E-state index >= 15 is 0 Å². The summed E-state index contributed by atoms with van der Waals surface area (Å²) >= 11 is 0.951. The minimum absolute atomic E-state index is 0.0311. The number of Topliss-reactive ketones (excluding diaryl/α,β-unsaturated/α-hetero) is 1. The molecule has 0 aliphatic heterocycles. The van der Waals surface area contributed by atoms with E-state index in [0.717, 1.165) is 31.3 Å². The van der Waals surface area contributed by atoms with Crippen molar-refractivity contribution in [3.63, 3.8) is 0 Å². The van der Waals surface area contributed by atoms with E-state index in [9.17, 15) is 10.1 Å². The molecule has 2 aromatic rings. The van der Waals surface area contributed by atoms with Gasteiger partial charge < -0.3 is 5.26 Å². The fourth-order valence-corrected chi connectivity index (χ4v) is 6.70. The maximum atomic E-state index is 12.0. The molecule has 2 aromatic carbocycles. The van der Waals surface area contributed by atoms with Crippen molar-refractivity contribution in [1.82, 2.24) is 0 Å². The maximum absolute atomic E-state index is 12.0. The Hall–Kier alpha value is -1.66. The summed E-state index contributed by atoms with van der Waals surface area (Å²) in [7, 11) is 0. The number of rotatable bonds is 6. The van der Waals surface area contributed by atoms with E-state index in [2.05, 4.69) is 113 Å². The van der Waals surface area contributed by atoms with Crippen molar-refractivity contribution < 1.29 is 19.4 Å². The smallest absolute Gasteiger partial charge is 0.140 e. The summed E-state index contributed by atoms with van der Waals surface area (Å²) in [4.78, 5) is 12.0. The topological polar surface area (TPSA) is 58.6 Å². The third kappa shape index (κ3) is 6.24. The molecule has 0 radical (unpaired) electrons. The predicted octanol–water partition coefficient (Wildman–Crippen LogP) is 7.13. The minimum atomic E-state index is -0.305. The van der Waals surface area contributed by atoms with Crippen molar-refractivity contribution in [2.75, 3.05) is 5.75 Å². The number of ketones is 1. The summed E-state index contributed by atoms with van der Waals surface area (Å²) in [5.74, 6) is 1.35. The quantitative estimate of drug-likeness (QED) is 0.179. The normalized spacial score (nSPS) is 22.9. The number of hydrogen-bond donors (Lipinski definition) is 0. The average Bonchev–Trinajstić information content (AvgIpc) is 3.14. The van der Waals surface area contributed by atoms with Crippen molar-refractivity contribution in [3.05, 3.63) is 70.8 Å². The Morgan fingerprint density at radius 3 is 1.69 bits per heavy atom. The van der Waals surface area contributed by atoms with Crippen molar-refractivity contribution in [3.8, 4) is 0 Å². The van der Waals surface area contributed by atoms with Crippen LogP contribution in [0.3, 0.4) is 0 Å². The SMILES string of the molecule is CC(C)(C)c1ccc(Cc2ccc(C(C)(C)C)cc2)cc1.CC1(C)C2CCC1(CSOO[O-])C(=O)C2.